The van der Waals surface area contributed by atoms with Crippen molar-refractivity contribution < 1.29 is 27.9 Å². The van der Waals surface area contributed by atoms with Gasteiger partial charge in [-0.3, -0.25) is 9.59 Å². The van der Waals surface area contributed by atoms with E-state index in [-0.39, 0.29) is 25.4 Å². The number of hydrogen-bond acceptors (Lipinski definition) is 4. The first-order chi connectivity index (χ1) is 13.0. The molecule has 10 heteroatoms. The first-order valence-corrected chi connectivity index (χ1v) is 9.21. The van der Waals surface area contributed by atoms with Crippen molar-refractivity contribution in [3.8, 4) is 0 Å². The van der Waals surface area contributed by atoms with E-state index in [1.165, 1.54) is 17.0 Å². The van der Waals surface area contributed by atoms with Crippen molar-refractivity contribution >= 4 is 19.7 Å². The number of nitrogens with zero attached hydrogens (tertiary/aromatic N) is 1. The summed E-state index contributed by atoms with van der Waals surface area (Å²) in [4.78, 5) is 25.7. The SMILES string of the molecule is BCCCC1CN(C(=O)C(N)Cc2ccc(C(F)(F)F)cc2)CC1(N)C(=O)O. The van der Waals surface area contributed by atoms with Gasteiger partial charge in [-0.05, 0) is 30.5 Å². The highest BCUT2D eigenvalue weighted by Crippen LogP contribution is 2.31. The Morgan fingerprint density at radius 1 is 1.32 bits per heavy atom. The van der Waals surface area contributed by atoms with Crippen LogP contribution in [0.5, 0.6) is 0 Å². The molecule has 1 aliphatic heterocycles. The number of likely N-dealkylation sites (tertiary alicyclic amines) is 1. The van der Waals surface area contributed by atoms with Crippen LogP contribution < -0.4 is 11.5 Å². The molecule has 0 bridgehead atoms. The number of rotatable bonds is 7. The van der Waals surface area contributed by atoms with Gasteiger partial charge in [-0.25, -0.2) is 0 Å². The average Bonchev–Trinajstić information content (AvgIpc) is 2.97. The second-order valence-electron chi connectivity index (χ2n) is 7.41. The van der Waals surface area contributed by atoms with E-state index >= 15 is 0 Å². The minimum Gasteiger partial charge on any atom is -0.480 e. The minimum absolute atomic E-state index is 0.0533. The Morgan fingerprint density at radius 3 is 2.43 bits per heavy atom. The molecule has 1 fully saturated rings. The van der Waals surface area contributed by atoms with Crippen molar-refractivity contribution in [3.63, 3.8) is 0 Å². The lowest BCUT2D eigenvalue weighted by Gasteiger charge is -2.25. The van der Waals surface area contributed by atoms with Crippen molar-refractivity contribution in [2.75, 3.05) is 13.1 Å². The van der Waals surface area contributed by atoms with E-state index < -0.39 is 35.2 Å². The lowest BCUT2D eigenvalue weighted by molar-refractivity contribution is -0.144. The van der Waals surface area contributed by atoms with Gasteiger partial charge in [0.15, 0.2) is 0 Å². The van der Waals surface area contributed by atoms with Crippen LogP contribution in [0.2, 0.25) is 6.32 Å². The predicted octanol–water partition coefficient (Wildman–Crippen LogP) is 0.647. The zero-order valence-corrected chi connectivity index (χ0v) is 15.7. The molecular weight excluding hydrogens is 374 g/mol. The summed E-state index contributed by atoms with van der Waals surface area (Å²) >= 11 is 0. The lowest BCUT2D eigenvalue weighted by atomic mass is 9.83. The van der Waals surface area contributed by atoms with Crippen molar-refractivity contribution in [1.82, 2.24) is 4.90 Å². The van der Waals surface area contributed by atoms with Gasteiger partial charge in [-0.2, -0.15) is 13.2 Å². The van der Waals surface area contributed by atoms with E-state index in [0.717, 1.165) is 24.9 Å². The molecule has 1 amide bonds. The minimum atomic E-state index is -4.43. The number of halogens is 3. The molecule has 1 aliphatic rings. The van der Waals surface area contributed by atoms with Crippen LogP contribution in [0.1, 0.15) is 24.0 Å². The summed E-state index contributed by atoms with van der Waals surface area (Å²) in [5.41, 5.74) is 10.3. The van der Waals surface area contributed by atoms with Crippen molar-refractivity contribution in [1.29, 1.82) is 0 Å². The quantitative estimate of drug-likeness (QED) is 0.584. The molecule has 28 heavy (non-hydrogen) atoms. The van der Waals surface area contributed by atoms with Crippen LogP contribution in [0.4, 0.5) is 13.2 Å². The second-order valence-corrected chi connectivity index (χ2v) is 7.41. The van der Waals surface area contributed by atoms with E-state index in [1.807, 2.05) is 7.85 Å². The number of nitrogens with two attached hydrogens (primary N) is 2. The smallest absolute Gasteiger partial charge is 0.416 e. The molecule has 5 N–H and O–H groups in total. The predicted molar refractivity (Wildman–Crippen MR) is 100 cm³/mol. The standard InChI is InChI=1S/C18H25BF3N3O3/c19-7-1-2-13-9-25(10-17(13,24)16(27)28)15(26)14(23)8-11-3-5-12(6-4-11)18(20,21)22/h3-6,13-14H,1-2,7-10,19,23-24H2,(H,27,28). The molecule has 0 saturated carbocycles. The maximum absolute atomic E-state index is 12.7. The van der Waals surface area contributed by atoms with Gasteiger partial charge in [0.25, 0.3) is 0 Å². The molecule has 154 valence electrons. The highest BCUT2D eigenvalue weighted by atomic mass is 19.4. The number of carboxylic acid groups (broad SMARTS) is 1. The van der Waals surface area contributed by atoms with Gasteiger partial charge in [0, 0.05) is 19.0 Å². The van der Waals surface area contributed by atoms with Gasteiger partial charge in [-0.1, -0.05) is 24.9 Å². The number of benzene rings is 1. The first-order valence-electron chi connectivity index (χ1n) is 9.21. The third-order valence-electron chi connectivity index (χ3n) is 5.29. The molecule has 1 saturated heterocycles. The van der Waals surface area contributed by atoms with E-state index in [1.54, 1.807) is 0 Å². The van der Waals surface area contributed by atoms with Crippen LogP contribution in [0, 0.1) is 5.92 Å². The van der Waals surface area contributed by atoms with Crippen LogP contribution in [0.25, 0.3) is 0 Å². The normalized spacial score (nSPS) is 23.6. The first kappa shape index (κ1) is 22.2. The third kappa shape index (κ3) is 4.85. The Kier molecular flexibility index (Phi) is 6.77. The summed E-state index contributed by atoms with van der Waals surface area (Å²) in [5, 5.41) is 9.52. The van der Waals surface area contributed by atoms with Crippen molar-refractivity contribution in [3.05, 3.63) is 35.4 Å². The molecule has 1 aromatic carbocycles. The fourth-order valence-electron chi connectivity index (χ4n) is 3.55. The summed E-state index contributed by atoms with van der Waals surface area (Å²) in [6.45, 7) is 0.0819. The largest absolute Gasteiger partial charge is 0.480 e. The fraction of sp³-hybridized carbons (Fsp3) is 0.556. The van der Waals surface area contributed by atoms with E-state index in [0.29, 0.717) is 12.0 Å². The number of amides is 1. The van der Waals surface area contributed by atoms with Crippen LogP contribution in [0.3, 0.4) is 0 Å². The van der Waals surface area contributed by atoms with Gasteiger partial charge < -0.3 is 21.5 Å². The topological polar surface area (TPSA) is 110 Å². The Morgan fingerprint density at radius 2 is 1.93 bits per heavy atom. The maximum atomic E-state index is 12.7. The van der Waals surface area contributed by atoms with Crippen LogP contribution >= 0.6 is 0 Å². The molecule has 6 nitrogen and oxygen atoms in total. The number of carboxylic acids is 1. The van der Waals surface area contributed by atoms with Crippen LogP contribution in [-0.2, 0) is 22.2 Å². The molecule has 0 spiro atoms. The zero-order chi connectivity index (χ0) is 21.1. The second kappa shape index (κ2) is 8.52. The molecule has 3 unspecified atom stereocenters. The van der Waals surface area contributed by atoms with Gasteiger partial charge >= 0.3 is 12.1 Å². The summed E-state index contributed by atoms with van der Waals surface area (Å²) < 4.78 is 37.9. The number of carbonyl (C=O) groups excluding carboxylic acids is 1. The molecule has 2 rings (SSSR count). The molecule has 3 atom stereocenters. The summed E-state index contributed by atoms with van der Waals surface area (Å²) in [7, 11) is 1.98. The third-order valence-corrected chi connectivity index (χ3v) is 5.29. The molecule has 0 radical (unpaired) electrons. The van der Waals surface area contributed by atoms with E-state index in [2.05, 4.69) is 0 Å². The number of alkyl halides is 3. The molecular formula is C18H25BF3N3O3. The fourth-order valence-corrected chi connectivity index (χ4v) is 3.55. The van der Waals surface area contributed by atoms with Crippen LogP contribution in [-0.4, -0.2) is 54.4 Å². The number of aliphatic carboxylic acids is 1. The average molecular weight is 399 g/mol. The molecule has 0 aromatic heterocycles. The Labute approximate surface area is 162 Å². The Bertz CT molecular complexity index is 714. The van der Waals surface area contributed by atoms with Crippen molar-refractivity contribution in [2.24, 2.45) is 17.4 Å². The molecule has 1 heterocycles. The highest BCUT2D eigenvalue weighted by molar-refractivity contribution is 6.08. The molecule has 1 aromatic rings. The van der Waals surface area contributed by atoms with Gasteiger partial charge in [0.2, 0.25) is 5.91 Å². The Balaban J connectivity index is 2.05. The highest BCUT2D eigenvalue weighted by Gasteiger charge is 2.50. The van der Waals surface area contributed by atoms with E-state index in [9.17, 15) is 27.9 Å². The lowest BCUT2D eigenvalue weighted by Crippen LogP contribution is -2.55. The van der Waals surface area contributed by atoms with Crippen LogP contribution in [0.15, 0.2) is 24.3 Å². The monoisotopic (exact) mass is 399 g/mol. The number of carbonyl (C=O) groups is 2. The number of hydrogen-bond donors (Lipinski definition) is 3. The summed E-state index contributed by atoms with van der Waals surface area (Å²) in [5.74, 6) is -1.97. The van der Waals surface area contributed by atoms with Gasteiger partial charge in [0.05, 0.1) is 11.6 Å². The Hall–Kier alpha value is -2.07. The maximum Gasteiger partial charge on any atom is 0.416 e. The van der Waals surface area contributed by atoms with Gasteiger partial charge in [0.1, 0.15) is 13.4 Å². The summed E-state index contributed by atoms with van der Waals surface area (Å²) in [6, 6.07) is 3.47. The van der Waals surface area contributed by atoms with Crippen molar-refractivity contribution in [2.45, 2.75) is 43.3 Å². The molecule has 0 aliphatic carbocycles. The van der Waals surface area contributed by atoms with Gasteiger partial charge in [-0.15, -0.1) is 0 Å². The summed E-state index contributed by atoms with van der Waals surface area (Å²) in [6.07, 6.45) is -2.10. The van der Waals surface area contributed by atoms with E-state index in [4.69, 9.17) is 11.5 Å². The zero-order valence-electron chi connectivity index (χ0n) is 15.7.